The highest BCUT2D eigenvalue weighted by molar-refractivity contribution is 5.94. The SMILES string of the molecule is Cc1ccc(C)c(OCC(=O)NN=C2CC3C=CCC23)c1. The van der Waals surface area contributed by atoms with Crippen LogP contribution < -0.4 is 10.2 Å². The molecule has 2 atom stereocenters. The number of nitrogens with zero attached hydrogens (tertiary/aromatic N) is 1. The predicted octanol–water partition coefficient (Wildman–Crippen LogP) is 2.75. The molecule has 0 bridgehead atoms. The molecule has 1 aromatic carbocycles. The lowest BCUT2D eigenvalue weighted by molar-refractivity contribution is -0.123. The first kappa shape index (κ1) is 13.9. The van der Waals surface area contributed by atoms with Gasteiger partial charge in [0, 0.05) is 11.6 Å². The van der Waals surface area contributed by atoms with Gasteiger partial charge in [-0.15, -0.1) is 0 Å². The average Bonchev–Trinajstić information content (AvgIpc) is 2.81. The number of carbonyl (C=O) groups is 1. The molecular weight excluding hydrogens is 264 g/mol. The molecule has 2 aliphatic rings. The third-order valence-electron chi connectivity index (χ3n) is 4.19. The first-order valence-corrected chi connectivity index (χ1v) is 7.35. The van der Waals surface area contributed by atoms with Crippen LogP contribution in [0.4, 0.5) is 0 Å². The molecule has 2 aliphatic carbocycles. The Morgan fingerprint density at radius 2 is 2.29 bits per heavy atom. The van der Waals surface area contributed by atoms with E-state index < -0.39 is 0 Å². The van der Waals surface area contributed by atoms with E-state index in [1.807, 2.05) is 32.0 Å². The Kier molecular flexibility index (Phi) is 3.78. The summed E-state index contributed by atoms with van der Waals surface area (Å²) in [6.07, 6.45) is 6.47. The molecule has 0 aromatic heterocycles. The smallest absolute Gasteiger partial charge is 0.277 e. The molecular formula is C17H20N2O2. The van der Waals surface area contributed by atoms with Crippen LogP contribution in [-0.2, 0) is 4.79 Å². The molecule has 1 amide bonds. The van der Waals surface area contributed by atoms with Crippen LogP contribution in [0.5, 0.6) is 5.75 Å². The minimum absolute atomic E-state index is 0.00653. The van der Waals surface area contributed by atoms with E-state index in [2.05, 4.69) is 22.7 Å². The van der Waals surface area contributed by atoms with Gasteiger partial charge in [-0.25, -0.2) is 5.43 Å². The lowest BCUT2D eigenvalue weighted by Gasteiger charge is -2.31. The second-order valence-corrected chi connectivity index (χ2v) is 5.83. The maximum atomic E-state index is 11.8. The Morgan fingerprint density at radius 3 is 3.10 bits per heavy atom. The second kappa shape index (κ2) is 5.72. The van der Waals surface area contributed by atoms with E-state index in [1.165, 1.54) is 0 Å². The van der Waals surface area contributed by atoms with Crippen LogP contribution >= 0.6 is 0 Å². The van der Waals surface area contributed by atoms with E-state index >= 15 is 0 Å². The van der Waals surface area contributed by atoms with Gasteiger partial charge in [0.25, 0.3) is 5.91 Å². The largest absolute Gasteiger partial charge is 0.483 e. The molecule has 1 saturated carbocycles. The number of ether oxygens (including phenoxy) is 1. The molecule has 110 valence electrons. The second-order valence-electron chi connectivity index (χ2n) is 5.83. The van der Waals surface area contributed by atoms with Gasteiger partial charge >= 0.3 is 0 Å². The molecule has 3 rings (SSSR count). The van der Waals surface area contributed by atoms with Crippen molar-refractivity contribution in [2.45, 2.75) is 26.7 Å². The fraction of sp³-hybridized carbons (Fsp3) is 0.412. The van der Waals surface area contributed by atoms with Gasteiger partial charge in [0.1, 0.15) is 5.75 Å². The quantitative estimate of drug-likeness (QED) is 0.682. The summed E-state index contributed by atoms with van der Waals surface area (Å²) in [6, 6.07) is 5.95. The lowest BCUT2D eigenvalue weighted by Crippen LogP contribution is -2.36. The highest BCUT2D eigenvalue weighted by Gasteiger charge is 2.37. The van der Waals surface area contributed by atoms with E-state index in [0.29, 0.717) is 11.8 Å². The fourth-order valence-electron chi connectivity index (χ4n) is 2.84. The van der Waals surface area contributed by atoms with Gasteiger partial charge in [-0.2, -0.15) is 5.10 Å². The maximum Gasteiger partial charge on any atom is 0.277 e. The van der Waals surface area contributed by atoms with Gasteiger partial charge < -0.3 is 4.74 Å². The standard InChI is InChI=1S/C17H20N2O2/c1-11-6-7-12(2)16(8-11)21-10-17(20)19-18-15-9-13-4-3-5-14(13)15/h3-4,6-8,13-14H,5,9-10H2,1-2H3,(H,19,20). The summed E-state index contributed by atoms with van der Waals surface area (Å²) >= 11 is 0. The van der Waals surface area contributed by atoms with Crippen molar-refractivity contribution in [1.82, 2.24) is 5.43 Å². The van der Waals surface area contributed by atoms with Crippen LogP contribution in [0.25, 0.3) is 0 Å². The van der Waals surface area contributed by atoms with Crippen molar-refractivity contribution in [2.75, 3.05) is 6.61 Å². The molecule has 0 heterocycles. The van der Waals surface area contributed by atoms with Crippen molar-refractivity contribution in [2.24, 2.45) is 16.9 Å². The summed E-state index contributed by atoms with van der Waals surface area (Å²) in [5.41, 5.74) is 5.84. The first-order valence-electron chi connectivity index (χ1n) is 7.35. The van der Waals surface area contributed by atoms with E-state index in [0.717, 1.165) is 35.4 Å². The van der Waals surface area contributed by atoms with Crippen LogP contribution in [0.1, 0.15) is 24.0 Å². The number of carbonyl (C=O) groups excluding carboxylic acids is 1. The molecule has 1 aromatic rings. The van der Waals surface area contributed by atoms with Gasteiger partial charge in [0.05, 0.1) is 0 Å². The molecule has 0 aliphatic heterocycles. The summed E-state index contributed by atoms with van der Waals surface area (Å²) in [6.45, 7) is 3.96. The molecule has 1 fully saturated rings. The van der Waals surface area contributed by atoms with Crippen molar-refractivity contribution < 1.29 is 9.53 Å². The Bertz CT molecular complexity index is 619. The molecule has 0 saturated heterocycles. The molecule has 1 N–H and O–H groups in total. The van der Waals surface area contributed by atoms with Crippen LogP contribution in [0.2, 0.25) is 0 Å². The zero-order valence-corrected chi connectivity index (χ0v) is 12.4. The summed E-state index contributed by atoms with van der Waals surface area (Å²) in [5, 5.41) is 4.22. The fourth-order valence-corrected chi connectivity index (χ4v) is 2.84. The normalized spacial score (nSPS) is 24.6. The average molecular weight is 284 g/mol. The minimum Gasteiger partial charge on any atom is -0.483 e. The van der Waals surface area contributed by atoms with E-state index in [1.54, 1.807) is 0 Å². The molecule has 0 radical (unpaired) electrons. The molecule has 4 heteroatoms. The number of hydrazone groups is 1. The predicted molar refractivity (Wildman–Crippen MR) is 82.3 cm³/mol. The monoisotopic (exact) mass is 284 g/mol. The van der Waals surface area contributed by atoms with Gasteiger partial charge in [-0.05, 0) is 49.8 Å². The third kappa shape index (κ3) is 2.99. The van der Waals surface area contributed by atoms with E-state index in [-0.39, 0.29) is 12.5 Å². The number of aryl methyl sites for hydroxylation is 2. The van der Waals surface area contributed by atoms with Crippen LogP contribution in [-0.4, -0.2) is 18.2 Å². The maximum absolute atomic E-state index is 11.8. The van der Waals surface area contributed by atoms with Crippen molar-refractivity contribution in [3.05, 3.63) is 41.5 Å². The van der Waals surface area contributed by atoms with Crippen molar-refractivity contribution in [3.63, 3.8) is 0 Å². The van der Waals surface area contributed by atoms with Crippen molar-refractivity contribution >= 4 is 11.6 Å². The zero-order chi connectivity index (χ0) is 14.8. The summed E-state index contributed by atoms with van der Waals surface area (Å²) in [5.74, 6) is 1.70. The van der Waals surface area contributed by atoms with E-state index in [4.69, 9.17) is 4.74 Å². The van der Waals surface area contributed by atoms with Crippen LogP contribution in [0.3, 0.4) is 0 Å². The lowest BCUT2D eigenvalue weighted by atomic mass is 9.74. The van der Waals surface area contributed by atoms with Gasteiger partial charge in [-0.3, -0.25) is 4.79 Å². The Hall–Kier alpha value is -2.10. The number of nitrogens with one attached hydrogen (secondary N) is 1. The van der Waals surface area contributed by atoms with Crippen LogP contribution in [0, 0.1) is 25.7 Å². The topological polar surface area (TPSA) is 50.7 Å². The molecule has 2 unspecified atom stereocenters. The van der Waals surface area contributed by atoms with Crippen molar-refractivity contribution in [1.29, 1.82) is 0 Å². The zero-order valence-electron chi connectivity index (χ0n) is 12.4. The first-order chi connectivity index (χ1) is 10.1. The summed E-state index contributed by atoms with van der Waals surface area (Å²) in [4.78, 5) is 11.8. The molecule has 21 heavy (non-hydrogen) atoms. The number of hydrogen-bond donors (Lipinski definition) is 1. The number of allylic oxidation sites excluding steroid dienone is 2. The third-order valence-corrected chi connectivity index (χ3v) is 4.19. The summed E-state index contributed by atoms with van der Waals surface area (Å²) < 4.78 is 5.56. The number of fused-ring (bicyclic) bond motifs is 1. The minimum atomic E-state index is -0.210. The highest BCUT2D eigenvalue weighted by Crippen LogP contribution is 2.39. The van der Waals surface area contributed by atoms with Gasteiger partial charge in [-0.1, -0.05) is 24.3 Å². The summed E-state index contributed by atoms with van der Waals surface area (Å²) in [7, 11) is 0. The Labute approximate surface area is 124 Å². The van der Waals surface area contributed by atoms with Gasteiger partial charge in [0.2, 0.25) is 0 Å². The Morgan fingerprint density at radius 1 is 1.43 bits per heavy atom. The number of hydrogen-bond acceptors (Lipinski definition) is 3. The Balaban J connectivity index is 1.49. The number of rotatable bonds is 4. The molecule has 0 spiro atoms. The highest BCUT2D eigenvalue weighted by atomic mass is 16.5. The van der Waals surface area contributed by atoms with Gasteiger partial charge in [0.15, 0.2) is 6.61 Å². The number of amides is 1. The van der Waals surface area contributed by atoms with E-state index in [9.17, 15) is 4.79 Å². The number of benzene rings is 1. The molecule has 4 nitrogen and oxygen atoms in total. The van der Waals surface area contributed by atoms with Crippen LogP contribution in [0.15, 0.2) is 35.5 Å². The van der Waals surface area contributed by atoms with Crippen molar-refractivity contribution in [3.8, 4) is 5.75 Å².